The summed E-state index contributed by atoms with van der Waals surface area (Å²) in [5.74, 6) is 0. The van der Waals surface area contributed by atoms with Gasteiger partial charge in [-0.1, -0.05) is 90.1 Å². The summed E-state index contributed by atoms with van der Waals surface area (Å²) in [6.07, 6.45) is 2.14. The molecule has 0 aromatic heterocycles. The molecule has 0 nitrogen and oxygen atoms in total. The molecule has 0 radical (unpaired) electrons. The summed E-state index contributed by atoms with van der Waals surface area (Å²) in [7, 11) is 0. The van der Waals surface area contributed by atoms with Gasteiger partial charge in [0, 0.05) is 0 Å². The van der Waals surface area contributed by atoms with Crippen molar-refractivity contribution in [2.24, 2.45) is 5.41 Å². The van der Waals surface area contributed by atoms with Gasteiger partial charge in [0.25, 0.3) is 0 Å². The van der Waals surface area contributed by atoms with E-state index in [1.54, 1.807) is 0 Å². The molecule has 0 aliphatic heterocycles. The van der Waals surface area contributed by atoms with Crippen LogP contribution < -0.4 is 0 Å². The van der Waals surface area contributed by atoms with Crippen molar-refractivity contribution in [1.82, 2.24) is 0 Å². The average Bonchev–Trinajstić information content (AvgIpc) is 2.36. The molecule has 2 rings (SSSR count). The lowest BCUT2D eigenvalue weighted by molar-refractivity contribution is 0.411. The summed E-state index contributed by atoms with van der Waals surface area (Å²) in [6, 6.07) is 18.1. The predicted molar refractivity (Wildman–Crippen MR) is 97.5 cm³/mol. The molecule has 0 saturated heterocycles. The quantitative estimate of drug-likeness (QED) is 0.635. The minimum atomic E-state index is 0.212. The van der Waals surface area contributed by atoms with Crippen molar-refractivity contribution in [1.29, 1.82) is 0 Å². The Balaban J connectivity index is 2.19. The third kappa shape index (κ3) is 5.02. The van der Waals surface area contributed by atoms with Gasteiger partial charge in [0.2, 0.25) is 0 Å². The fraction of sp³-hybridized carbons (Fsp3) is 0.455. The maximum absolute atomic E-state index is 2.37. The molecule has 0 atom stereocenters. The molecule has 0 N–H and O–H groups in total. The van der Waals surface area contributed by atoms with E-state index in [-0.39, 0.29) is 5.41 Å². The number of hydrogen-bond acceptors (Lipinski definition) is 0. The smallest absolute Gasteiger partial charge is 0.00256 e. The Labute approximate surface area is 136 Å². The minimum absolute atomic E-state index is 0.212. The van der Waals surface area contributed by atoms with Crippen molar-refractivity contribution in [3.8, 4) is 0 Å². The van der Waals surface area contributed by atoms with Gasteiger partial charge < -0.3 is 0 Å². The highest BCUT2D eigenvalue weighted by atomic mass is 14.2. The van der Waals surface area contributed by atoms with Crippen LogP contribution in [0.4, 0.5) is 0 Å². The lowest BCUT2D eigenvalue weighted by Crippen LogP contribution is -2.11. The average molecular weight is 294 g/mol. The zero-order valence-corrected chi connectivity index (χ0v) is 15.0. The molecule has 0 unspecified atom stereocenters. The number of benzene rings is 2. The summed E-state index contributed by atoms with van der Waals surface area (Å²) in [5, 5.41) is 0. The molecule has 0 aliphatic carbocycles. The largest absolute Gasteiger partial charge is 0.0617 e. The predicted octanol–water partition coefficient (Wildman–Crippen LogP) is 6.16. The molecule has 0 amide bonds. The monoisotopic (exact) mass is 294 g/mol. The maximum Gasteiger partial charge on any atom is -0.00256 e. The van der Waals surface area contributed by atoms with E-state index in [9.17, 15) is 0 Å². The van der Waals surface area contributed by atoms with E-state index in [0.29, 0.717) is 5.41 Å². The normalized spacial score (nSPS) is 12.5. The first-order valence-corrected chi connectivity index (χ1v) is 8.31. The van der Waals surface area contributed by atoms with Crippen molar-refractivity contribution in [2.75, 3.05) is 0 Å². The van der Waals surface area contributed by atoms with Gasteiger partial charge >= 0.3 is 0 Å². The van der Waals surface area contributed by atoms with Crippen molar-refractivity contribution < 1.29 is 0 Å². The standard InChI is InChI=1S/C22H30/c1-21(2,3)16-19-11-7-9-17(14-19)13-18-10-8-12-20(15-18)22(4,5)6/h7-12,14-15H,13,16H2,1-6H3. The second-order valence-electron chi connectivity index (χ2n) is 8.68. The SMILES string of the molecule is CC(C)(C)Cc1cccc(Cc2cccc(C(C)(C)C)c2)c1. The molecule has 0 spiro atoms. The van der Waals surface area contributed by atoms with E-state index in [1.807, 2.05) is 0 Å². The topological polar surface area (TPSA) is 0 Å². The molecule has 0 heterocycles. The van der Waals surface area contributed by atoms with Gasteiger partial charge in [-0.15, -0.1) is 0 Å². The number of rotatable bonds is 3. The Morgan fingerprint density at radius 1 is 0.682 bits per heavy atom. The van der Waals surface area contributed by atoms with Crippen LogP contribution in [0.25, 0.3) is 0 Å². The fourth-order valence-electron chi connectivity index (χ4n) is 2.85. The Hall–Kier alpha value is -1.56. The summed E-state index contributed by atoms with van der Waals surface area (Å²) in [6.45, 7) is 13.7. The third-order valence-electron chi connectivity index (χ3n) is 3.93. The van der Waals surface area contributed by atoms with Crippen molar-refractivity contribution >= 4 is 0 Å². The molecule has 2 aromatic rings. The van der Waals surface area contributed by atoms with Gasteiger partial charge in [-0.3, -0.25) is 0 Å². The van der Waals surface area contributed by atoms with Gasteiger partial charge in [-0.25, -0.2) is 0 Å². The Morgan fingerprint density at radius 3 is 1.82 bits per heavy atom. The van der Waals surface area contributed by atoms with Crippen LogP contribution in [0.15, 0.2) is 48.5 Å². The van der Waals surface area contributed by atoms with Crippen molar-refractivity contribution in [2.45, 2.75) is 59.8 Å². The van der Waals surface area contributed by atoms with E-state index in [1.165, 1.54) is 22.3 Å². The Bertz CT molecular complexity index is 621. The lowest BCUT2D eigenvalue weighted by Gasteiger charge is -2.20. The van der Waals surface area contributed by atoms with Gasteiger partial charge in [0.1, 0.15) is 0 Å². The zero-order valence-electron chi connectivity index (χ0n) is 15.0. The van der Waals surface area contributed by atoms with Crippen LogP contribution in [0.1, 0.15) is 63.8 Å². The number of hydrogen-bond donors (Lipinski definition) is 0. The van der Waals surface area contributed by atoms with Crippen LogP contribution in [0.3, 0.4) is 0 Å². The first-order chi connectivity index (χ1) is 10.1. The molecule has 0 bridgehead atoms. The maximum atomic E-state index is 2.37. The van der Waals surface area contributed by atoms with E-state index in [4.69, 9.17) is 0 Å². The third-order valence-corrected chi connectivity index (χ3v) is 3.93. The van der Waals surface area contributed by atoms with Crippen molar-refractivity contribution in [3.05, 3.63) is 70.8 Å². The second kappa shape index (κ2) is 6.28. The summed E-state index contributed by atoms with van der Waals surface area (Å²) >= 11 is 0. The van der Waals surface area contributed by atoms with Crippen LogP contribution in [0.2, 0.25) is 0 Å². The van der Waals surface area contributed by atoms with Gasteiger partial charge in [-0.2, -0.15) is 0 Å². The molecule has 2 aromatic carbocycles. The van der Waals surface area contributed by atoms with Crippen molar-refractivity contribution in [3.63, 3.8) is 0 Å². The van der Waals surface area contributed by atoms with Gasteiger partial charge in [0.15, 0.2) is 0 Å². The molecular formula is C22H30. The summed E-state index contributed by atoms with van der Waals surface area (Å²) in [5.41, 5.74) is 6.22. The summed E-state index contributed by atoms with van der Waals surface area (Å²) < 4.78 is 0. The van der Waals surface area contributed by atoms with E-state index >= 15 is 0 Å². The highest BCUT2D eigenvalue weighted by molar-refractivity contribution is 5.34. The van der Waals surface area contributed by atoms with Crippen LogP contribution in [-0.4, -0.2) is 0 Å². The lowest BCUT2D eigenvalue weighted by atomic mass is 9.85. The molecule has 0 heteroatoms. The fourth-order valence-corrected chi connectivity index (χ4v) is 2.85. The molecule has 0 fully saturated rings. The van der Waals surface area contributed by atoms with Gasteiger partial charge in [-0.05, 0) is 45.9 Å². The molecular weight excluding hydrogens is 264 g/mol. The van der Waals surface area contributed by atoms with Crippen LogP contribution in [0, 0.1) is 5.41 Å². The highest BCUT2D eigenvalue weighted by Gasteiger charge is 2.14. The van der Waals surface area contributed by atoms with Crippen LogP contribution in [-0.2, 0) is 18.3 Å². The Morgan fingerprint density at radius 2 is 1.23 bits per heavy atom. The molecule has 118 valence electrons. The van der Waals surface area contributed by atoms with E-state index in [2.05, 4.69) is 90.1 Å². The van der Waals surface area contributed by atoms with Gasteiger partial charge in [0.05, 0.1) is 0 Å². The minimum Gasteiger partial charge on any atom is -0.0617 e. The molecule has 0 saturated carbocycles. The first kappa shape index (κ1) is 16.8. The van der Waals surface area contributed by atoms with Crippen LogP contribution >= 0.6 is 0 Å². The first-order valence-electron chi connectivity index (χ1n) is 8.31. The second-order valence-corrected chi connectivity index (χ2v) is 8.68. The van der Waals surface area contributed by atoms with E-state index < -0.39 is 0 Å². The zero-order chi connectivity index (χ0) is 16.4. The summed E-state index contributed by atoms with van der Waals surface area (Å²) in [4.78, 5) is 0. The van der Waals surface area contributed by atoms with E-state index in [0.717, 1.165) is 12.8 Å². The Kier molecular flexibility index (Phi) is 4.80. The van der Waals surface area contributed by atoms with Crippen LogP contribution in [0.5, 0.6) is 0 Å². The highest BCUT2D eigenvalue weighted by Crippen LogP contribution is 2.25. The molecule has 0 aliphatic rings. The molecule has 22 heavy (non-hydrogen) atoms.